The van der Waals surface area contributed by atoms with Crippen LogP contribution in [0, 0.1) is 0 Å². The van der Waals surface area contributed by atoms with Gasteiger partial charge < -0.3 is 15.4 Å². The molecule has 1 aromatic rings. The molecule has 1 aliphatic rings. The molecular weight excluding hydrogens is 262 g/mol. The van der Waals surface area contributed by atoms with Crippen molar-refractivity contribution in [2.75, 3.05) is 19.8 Å². The van der Waals surface area contributed by atoms with Gasteiger partial charge in [-0.25, -0.2) is 9.78 Å². The highest BCUT2D eigenvalue weighted by Crippen LogP contribution is 2.41. The van der Waals surface area contributed by atoms with Gasteiger partial charge >= 0.3 is 6.03 Å². The molecule has 0 aromatic carbocycles. The molecule has 1 saturated carbocycles. The van der Waals surface area contributed by atoms with Gasteiger partial charge in [0.25, 0.3) is 0 Å². The van der Waals surface area contributed by atoms with Gasteiger partial charge in [-0.3, -0.25) is 0 Å². The molecule has 0 radical (unpaired) electrons. The van der Waals surface area contributed by atoms with Crippen LogP contribution in [-0.4, -0.2) is 30.8 Å². The molecule has 0 saturated heterocycles. The van der Waals surface area contributed by atoms with E-state index in [-0.39, 0.29) is 12.1 Å². The van der Waals surface area contributed by atoms with Crippen LogP contribution in [0.5, 0.6) is 0 Å². The van der Waals surface area contributed by atoms with E-state index in [0.29, 0.717) is 25.7 Å². The Hall–Kier alpha value is -1.14. The molecule has 2 amide bonds. The molecule has 6 heteroatoms. The summed E-state index contributed by atoms with van der Waals surface area (Å²) in [6.45, 7) is 5.62. The Morgan fingerprint density at radius 1 is 1.63 bits per heavy atom. The van der Waals surface area contributed by atoms with Crippen molar-refractivity contribution in [1.29, 1.82) is 0 Å². The number of nitrogens with one attached hydrogen (secondary N) is 2. The molecule has 1 aromatic heterocycles. The molecule has 0 unspecified atom stereocenters. The Morgan fingerprint density at radius 3 is 3.11 bits per heavy atom. The first kappa shape index (κ1) is 14.3. The molecule has 0 spiro atoms. The van der Waals surface area contributed by atoms with Gasteiger partial charge in [0.15, 0.2) is 0 Å². The van der Waals surface area contributed by atoms with Crippen LogP contribution in [0.15, 0.2) is 5.38 Å². The summed E-state index contributed by atoms with van der Waals surface area (Å²) in [4.78, 5) is 16.2. The lowest BCUT2D eigenvalue weighted by Crippen LogP contribution is -2.38. The molecule has 106 valence electrons. The monoisotopic (exact) mass is 283 g/mol. The number of nitrogens with zero attached hydrogens (tertiary/aromatic N) is 1. The first-order valence-corrected chi connectivity index (χ1v) is 7.66. The van der Waals surface area contributed by atoms with E-state index in [1.165, 1.54) is 17.8 Å². The van der Waals surface area contributed by atoms with Gasteiger partial charge in [-0.1, -0.05) is 0 Å². The van der Waals surface area contributed by atoms with Crippen LogP contribution in [0.4, 0.5) is 4.79 Å². The molecule has 2 rings (SSSR count). The smallest absolute Gasteiger partial charge is 0.315 e. The average molecular weight is 283 g/mol. The fourth-order valence-electron chi connectivity index (χ4n) is 1.72. The van der Waals surface area contributed by atoms with Gasteiger partial charge in [0.2, 0.25) is 0 Å². The minimum atomic E-state index is -0.173. The Labute approximate surface area is 117 Å². The standard InChI is InChI=1S/C13H21N3O2S/c1-3-18-7-6-14-13(17)15-9(2)11-8-19-12(16-11)10-4-5-10/h8-10H,3-7H2,1-2H3,(H2,14,15,17)/t9-/m0/s1. The number of urea groups is 1. The highest BCUT2D eigenvalue weighted by molar-refractivity contribution is 7.09. The zero-order valence-corrected chi connectivity index (χ0v) is 12.3. The summed E-state index contributed by atoms with van der Waals surface area (Å²) in [7, 11) is 0. The van der Waals surface area contributed by atoms with E-state index in [4.69, 9.17) is 4.74 Å². The van der Waals surface area contributed by atoms with E-state index in [0.717, 1.165) is 5.69 Å². The largest absolute Gasteiger partial charge is 0.380 e. The maximum Gasteiger partial charge on any atom is 0.315 e. The van der Waals surface area contributed by atoms with Crippen molar-refractivity contribution in [3.05, 3.63) is 16.1 Å². The average Bonchev–Trinajstić information content (AvgIpc) is 3.12. The minimum Gasteiger partial charge on any atom is -0.380 e. The van der Waals surface area contributed by atoms with Crippen molar-refractivity contribution in [3.8, 4) is 0 Å². The van der Waals surface area contributed by atoms with Gasteiger partial charge in [-0.2, -0.15) is 0 Å². The molecular formula is C13H21N3O2S. The predicted octanol–water partition coefficient (Wildman–Crippen LogP) is 2.42. The van der Waals surface area contributed by atoms with Crippen LogP contribution in [0.1, 0.15) is 49.4 Å². The zero-order chi connectivity index (χ0) is 13.7. The Bertz CT molecular complexity index is 418. The first-order valence-electron chi connectivity index (χ1n) is 6.78. The molecule has 2 N–H and O–H groups in total. The van der Waals surface area contributed by atoms with Crippen LogP contribution in [0.2, 0.25) is 0 Å². The van der Waals surface area contributed by atoms with E-state index in [2.05, 4.69) is 15.6 Å². The highest BCUT2D eigenvalue weighted by atomic mass is 32.1. The van der Waals surface area contributed by atoms with Gasteiger partial charge in [0.05, 0.1) is 23.4 Å². The Balaban J connectivity index is 1.72. The lowest BCUT2D eigenvalue weighted by molar-refractivity contribution is 0.149. The number of amides is 2. The number of aromatic nitrogens is 1. The second-order valence-electron chi connectivity index (χ2n) is 4.70. The molecule has 1 atom stereocenters. The van der Waals surface area contributed by atoms with Crippen molar-refractivity contribution < 1.29 is 9.53 Å². The van der Waals surface area contributed by atoms with Crippen molar-refractivity contribution in [2.24, 2.45) is 0 Å². The lowest BCUT2D eigenvalue weighted by atomic mass is 10.2. The Kier molecular flexibility index (Phi) is 5.15. The molecule has 0 bridgehead atoms. The van der Waals surface area contributed by atoms with Crippen molar-refractivity contribution in [2.45, 2.75) is 38.6 Å². The van der Waals surface area contributed by atoms with E-state index < -0.39 is 0 Å². The summed E-state index contributed by atoms with van der Waals surface area (Å²) in [5.74, 6) is 0.672. The summed E-state index contributed by atoms with van der Waals surface area (Å²) in [5, 5.41) is 8.89. The normalized spacial score (nSPS) is 16.1. The topological polar surface area (TPSA) is 63.2 Å². The van der Waals surface area contributed by atoms with Crippen LogP contribution in [-0.2, 0) is 4.74 Å². The summed E-state index contributed by atoms with van der Waals surface area (Å²) in [6.07, 6.45) is 2.51. The predicted molar refractivity (Wildman–Crippen MR) is 75.5 cm³/mol. The molecule has 1 heterocycles. The Morgan fingerprint density at radius 2 is 2.42 bits per heavy atom. The summed E-state index contributed by atoms with van der Waals surface area (Å²) in [6, 6.07) is -0.232. The van der Waals surface area contributed by atoms with Crippen molar-refractivity contribution >= 4 is 17.4 Å². The third kappa shape index (κ3) is 4.47. The maximum atomic E-state index is 11.6. The van der Waals surface area contributed by atoms with Crippen molar-refractivity contribution in [3.63, 3.8) is 0 Å². The number of carbonyl (C=O) groups is 1. The number of hydrogen-bond acceptors (Lipinski definition) is 4. The minimum absolute atomic E-state index is 0.0594. The lowest BCUT2D eigenvalue weighted by Gasteiger charge is -2.12. The highest BCUT2D eigenvalue weighted by Gasteiger charge is 2.27. The van der Waals surface area contributed by atoms with Crippen LogP contribution >= 0.6 is 11.3 Å². The van der Waals surface area contributed by atoms with Crippen LogP contribution in [0.3, 0.4) is 0 Å². The fraction of sp³-hybridized carbons (Fsp3) is 0.692. The van der Waals surface area contributed by atoms with Gasteiger partial charge in [-0.05, 0) is 26.7 Å². The molecule has 0 aliphatic heterocycles. The van der Waals surface area contributed by atoms with Gasteiger partial charge in [0.1, 0.15) is 0 Å². The summed E-state index contributed by atoms with van der Waals surface area (Å²) in [5.41, 5.74) is 0.951. The first-order chi connectivity index (χ1) is 9.20. The summed E-state index contributed by atoms with van der Waals surface area (Å²) >= 11 is 1.70. The molecule has 1 aliphatic carbocycles. The fourth-order valence-corrected chi connectivity index (χ4v) is 2.80. The molecule has 5 nitrogen and oxygen atoms in total. The van der Waals surface area contributed by atoms with Gasteiger partial charge in [0, 0.05) is 24.4 Å². The second-order valence-corrected chi connectivity index (χ2v) is 5.59. The second kappa shape index (κ2) is 6.86. The maximum absolute atomic E-state index is 11.6. The third-order valence-electron chi connectivity index (χ3n) is 2.99. The molecule has 1 fully saturated rings. The quantitative estimate of drug-likeness (QED) is 0.755. The van der Waals surface area contributed by atoms with Crippen molar-refractivity contribution in [1.82, 2.24) is 15.6 Å². The zero-order valence-electron chi connectivity index (χ0n) is 11.4. The third-order valence-corrected chi connectivity index (χ3v) is 4.02. The van der Waals surface area contributed by atoms with E-state index in [1.807, 2.05) is 19.2 Å². The SMILES string of the molecule is CCOCCNC(=O)N[C@@H](C)c1csc(C2CC2)n1. The van der Waals surface area contributed by atoms with E-state index in [9.17, 15) is 4.79 Å². The number of thiazole rings is 1. The number of carbonyl (C=O) groups excluding carboxylic acids is 1. The van der Waals surface area contributed by atoms with E-state index >= 15 is 0 Å². The number of rotatable bonds is 7. The van der Waals surface area contributed by atoms with Gasteiger partial charge in [-0.15, -0.1) is 11.3 Å². The van der Waals surface area contributed by atoms with Crippen LogP contribution in [0.25, 0.3) is 0 Å². The number of hydrogen-bond donors (Lipinski definition) is 2. The van der Waals surface area contributed by atoms with Crippen LogP contribution < -0.4 is 10.6 Å². The molecule has 19 heavy (non-hydrogen) atoms. The van der Waals surface area contributed by atoms with E-state index in [1.54, 1.807) is 11.3 Å². The number of ether oxygens (including phenoxy) is 1. The summed E-state index contributed by atoms with van der Waals surface area (Å²) < 4.78 is 5.16.